The first kappa shape index (κ1) is 11.6. The molecule has 92 valence electrons. The summed E-state index contributed by atoms with van der Waals surface area (Å²) in [6.45, 7) is 3.19. The summed E-state index contributed by atoms with van der Waals surface area (Å²) >= 11 is 25.2. The molecule has 0 saturated carbocycles. The summed E-state index contributed by atoms with van der Waals surface area (Å²) in [5, 5.41) is 7.99. The Bertz CT molecular complexity index is 432. The van der Waals surface area contributed by atoms with Crippen molar-refractivity contribution in [3.05, 3.63) is 0 Å². The number of hydrogen-bond acceptors (Lipinski definition) is 6. The second-order valence-electron chi connectivity index (χ2n) is 3.47. The van der Waals surface area contributed by atoms with Crippen molar-refractivity contribution in [3.63, 3.8) is 0 Å². The molecule has 16 heavy (non-hydrogen) atoms. The monoisotopic (exact) mass is 344 g/mol. The predicted molar refractivity (Wildman–Crippen MR) is 69.3 cm³/mol. The van der Waals surface area contributed by atoms with Gasteiger partial charge in [-0.25, -0.2) is 0 Å². The van der Waals surface area contributed by atoms with Crippen molar-refractivity contribution in [3.8, 4) is 0 Å². The van der Waals surface area contributed by atoms with Gasteiger partial charge in [0.05, 0.1) is 0 Å². The summed E-state index contributed by atoms with van der Waals surface area (Å²) in [6.07, 6.45) is 0. The fraction of sp³-hybridized carbons (Fsp3) is 0.500. The van der Waals surface area contributed by atoms with E-state index in [4.69, 9.17) is 54.0 Å². The van der Waals surface area contributed by atoms with Crippen LogP contribution in [0.15, 0.2) is 10.2 Å². The number of halogens is 4. The Hall–Kier alpha value is 0.560. The molecule has 0 aliphatic carbocycles. The molecule has 12 heteroatoms. The van der Waals surface area contributed by atoms with Crippen molar-refractivity contribution in [2.75, 3.05) is 0 Å². The zero-order valence-electron chi connectivity index (χ0n) is 8.01. The minimum atomic E-state index is -3.93. The van der Waals surface area contributed by atoms with Crippen LogP contribution in [-0.2, 0) is 9.05 Å². The molecular formula is C4H6Cl4N4O2P2. The van der Waals surface area contributed by atoms with E-state index in [2.05, 4.69) is 10.2 Å². The van der Waals surface area contributed by atoms with E-state index in [9.17, 15) is 0 Å². The molecule has 0 amide bonds. The van der Waals surface area contributed by atoms with E-state index < -0.39 is 11.7 Å². The van der Waals surface area contributed by atoms with Gasteiger partial charge in [0.2, 0.25) is 0 Å². The zero-order valence-corrected chi connectivity index (χ0v) is 12.8. The Morgan fingerprint density at radius 1 is 0.875 bits per heavy atom. The maximum atomic E-state index is 6.29. The standard InChI is InChI=1S/C4H6Cl4N4O2P2/c1-3-9-11-15(5,6,13-3)12-10-4(2)14-16(11,12,7)8/h1-2H3. The molecule has 3 aliphatic heterocycles. The summed E-state index contributed by atoms with van der Waals surface area (Å²) in [5.41, 5.74) is 0. The van der Waals surface area contributed by atoms with Crippen LogP contribution in [0.1, 0.15) is 13.8 Å². The number of rotatable bonds is 0. The van der Waals surface area contributed by atoms with Crippen LogP contribution in [-0.4, -0.2) is 20.9 Å². The van der Waals surface area contributed by atoms with Gasteiger partial charge in [-0.05, 0) is 0 Å². The van der Waals surface area contributed by atoms with Crippen molar-refractivity contribution in [2.24, 2.45) is 10.2 Å². The maximum absolute atomic E-state index is 6.29. The van der Waals surface area contributed by atoms with E-state index in [1.54, 1.807) is 13.8 Å². The third-order valence-electron chi connectivity index (χ3n) is 2.18. The van der Waals surface area contributed by atoms with E-state index in [0.29, 0.717) is 0 Å². The van der Waals surface area contributed by atoms with Gasteiger partial charge in [-0.15, -0.1) is 0 Å². The van der Waals surface area contributed by atoms with Crippen molar-refractivity contribution in [1.29, 1.82) is 0 Å². The summed E-state index contributed by atoms with van der Waals surface area (Å²) in [7, 11) is 0. The van der Waals surface area contributed by atoms with Crippen molar-refractivity contribution < 1.29 is 9.05 Å². The van der Waals surface area contributed by atoms with E-state index in [1.807, 2.05) is 0 Å². The molecule has 0 aromatic heterocycles. The van der Waals surface area contributed by atoms with Gasteiger partial charge in [-0.2, -0.15) is 0 Å². The van der Waals surface area contributed by atoms with Crippen LogP contribution < -0.4 is 0 Å². The first-order valence-electron chi connectivity index (χ1n) is 4.10. The first-order valence-corrected chi connectivity index (χ1v) is 11.8. The van der Waals surface area contributed by atoms with Gasteiger partial charge in [0.1, 0.15) is 0 Å². The van der Waals surface area contributed by atoms with Gasteiger partial charge >= 0.3 is 111 Å². The van der Waals surface area contributed by atoms with E-state index in [-0.39, 0.29) is 11.8 Å². The Morgan fingerprint density at radius 2 is 1.19 bits per heavy atom. The van der Waals surface area contributed by atoms with Gasteiger partial charge in [0, 0.05) is 0 Å². The van der Waals surface area contributed by atoms with Gasteiger partial charge < -0.3 is 0 Å². The molecule has 3 rings (SSSR count). The molecule has 0 atom stereocenters. The van der Waals surface area contributed by atoms with Crippen LogP contribution in [0.3, 0.4) is 0 Å². The van der Waals surface area contributed by atoms with Crippen LogP contribution in [0, 0.1) is 0 Å². The Morgan fingerprint density at radius 3 is 1.50 bits per heavy atom. The van der Waals surface area contributed by atoms with Crippen LogP contribution in [0.4, 0.5) is 0 Å². The average molecular weight is 346 g/mol. The zero-order chi connectivity index (χ0) is 12.0. The van der Waals surface area contributed by atoms with Crippen LogP contribution >= 0.6 is 56.6 Å². The summed E-state index contributed by atoms with van der Waals surface area (Å²) in [5.74, 6) is -7.31. The van der Waals surface area contributed by atoms with Crippen LogP contribution in [0.2, 0.25) is 0 Å². The molecule has 3 heterocycles. The number of nitrogens with zero attached hydrogens (tertiary/aromatic N) is 4. The molecule has 0 aromatic carbocycles. The number of fused-ring (bicyclic) bond motifs is 4. The molecule has 0 bridgehead atoms. The van der Waals surface area contributed by atoms with E-state index in [0.717, 1.165) is 9.10 Å². The van der Waals surface area contributed by atoms with Crippen molar-refractivity contribution in [2.45, 2.75) is 13.8 Å². The first-order chi connectivity index (χ1) is 7.06. The van der Waals surface area contributed by atoms with Crippen LogP contribution in [0.5, 0.6) is 0 Å². The fourth-order valence-corrected chi connectivity index (χ4v) is 22.4. The fourth-order valence-electron chi connectivity index (χ4n) is 1.73. The topological polar surface area (TPSA) is 49.7 Å². The van der Waals surface area contributed by atoms with E-state index in [1.165, 1.54) is 0 Å². The Balaban J connectivity index is 2.20. The summed E-state index contributed by atoms with van der Waals surface area (Å²) in [4.78, 5) is 0. The molecule has 0 unspecified atom stereocenters. The molecule has 0 spiro atoms. The molecule has 0 aromatic rings. The molecule has 6 nitrogen and oxygen atoms in total. The number of hydrogen-bond donors (Lipinski definition) is 0. The van der Waals surface area contributed by atoms with Gasteiger partial charge in [-0.1, -0.05) is 0 Å². The quantitative estimate of drug-likeness (QED) is 0.604. The SMILES string of the molecule is CC1=NN2P(Cl)(Cl)(O1)N1N=C(C)OP21(Cl)Cl. The average Bonchev–Trinajstić information content (AvgIpc) is 2.45. The predicted octanol–water partition coefficient (Wildman–Crippen LogP) is 4.54. The summed E-state index contributed by atoms with van der Waals surface area (Å²) in [6, 6.07) is 0. The molecule has 3 aliphatic rings. The van der Waals surface area contributed by atoms with Gasteiger partial charge in [0.25, 0.3) is 0 Å². The van der Waals surface area contributed by atoms with Crippen LogP contribution in [0.25, 0.3) is 0 Å². The Kier molecular flexibility index (Phi) is 1.80. The third kappa shape index (κ3) is 0.969. The molecular weight excluding hydrogens is 340 g/mol. The van der Waals surface area contributed by atoms with Gasteiger partial charge in [-0.3, -0.25) is 0 Å². The molecule has 0 N–H and O–H groups in total. The van der Waals surface area contributed by atoms with Crippen molar-refractivity contribution >= 4 is 68.4 Å². The Labute approximate surface area is 110 Å². The second kappa shape index (κ2) is 2.47. The second-order valence-corrected chi connectivity index (χ2v) is 17.4. The van der Waals surface area contributed by atoms with E-state index >= 15 is 0 Å². The summed E-state index contributed by atoms with van der Waals surface area (Å²) < 4.78 is 13.0. The molecule has 1 fully saturated rings. The van der Waals surface area contributed by atoms with Crippen molar-refractivity contribution in [1.82, 2.24) is 9.10 Å². The molecule has 0 radical (unpaired) electrons. The minimum absolute atomic E-state index is 0.277. The number of hydrazone groups is 2. The third-order valence-corrected chi connectivity index (χ3v) is 16.8. The van der Waals surface area contributed by atoms with Gasteiger partial charge in [0.15, 0.2) is 0 Å². The normalized spacial score (nSPS) is 39.1. The molecule has 1 saturated heterocycles.